The number of amides is 4. The number of carbonyl (C=O) groups is 3. The molecule has 6 heteroatoms. The van der Waals surface area contributed by atoms with Crippen molar-refractivity contribution in [2.75, 3.05) is 6.54 Å². The molecule has 1 saturated carbocycles. The summed E-state index contributed by atoms with van der Waals surface area (Å²) in [6, 6.07) is 9.54. The van der Waals surface area contributed by atoms with Gasteiger partial charge in [0.2, 0.25) is 5.91 Å². The van der Waals surface area contributed by atoms with Crippen LogP contribution in [-0.2, 0) is 16.0 Å². The summed E-state index contributed by atoms with van der Waals surface area (Å²) in [7, 11) is 0. The molecule has 2 aliphatic rings. The van der Waals surface area contributed by atoms with Crippen molar-refractivity contribution < 1.29 is 14.4 Å². The van der Waals surface area contributed by atoms with E-state index in [1.165, 1.54) is 6.42 Å². The van der Waals surface area contributed by atoms with E-state index in [2.05, 4.69) is 10.6 Å². The molecule has 2 fully saturated rings. The summed E-state index contributed by atoms with van der Waals surface area (Å²) in [5.41, 5.74) is 0.155. The minimum Gasteiger partial charge on any atom is -0.352 e. The van der Waals surface area contributed by atoms with Gasteiger partial charge in [-0.25, -0.2) is 4.79 Å². The molecule has 0 radical (unpaired) electrons. The van der Waals surface area contributed by atoms with Crippen molar-refractivity contribution in [2.24, 2.45) is 0 Å². The van der Waals surface area contributed by atoms with Crippen LogP contribution in [0.4, 0.5) is 4.79 Å². The van der Waals surface area contributed by atoms with Crippen LogP contribution in [0.5, 0.6) is 0 Å². The molecule has 1 aliphatic heterocycles. The zero-order valence-electron chi connectivity index (χ0n) is 15.3. The van der Waals surface area contributed by atoms with Crippen molar-refractivity contribution in [1.29, 1.82) is 0 Å². The first kappa shape index (κ1) is 18.4. The van der Waals surface area contributed by atoms with Gasteiger partial charge in [0.05, 0.1) is 0 Å². The van der Waals surface area contributed by atoms with E-state index in [1.54, 1.807) is 6.92 Å². The largest absolute Gasteiger partial charge is 0.352 e. The van der Waals surface area contributed by atoms with E-state index >= 15 is 0 Å². The Labute approximate surface area is 154 Å². The van der Waals surface area contributed by atoms with E-state index in [9.17, 15) is 14.4 Å². The molecule has 0 unspecified atom stereocenters. The summed E-state index contributed by atoms with van der Waals surface area (Å²) >= 11 is 0. The van der Waals surface area contributed by atoms with Gasteiger partial charge in [-0.05, 0) is 38.2 Å². The third-order valence-electron chi connectivity index (χ3n) is 5.37. The highest BCUT2D eigenvalue weighted by Gasteiger charge is 2.47. The molecule has 1 heterocycles. The fraction of sp³-hybridized carbons (Fsp3) is 0.550. The summed E-state index contributed by atoms with van der Waals surface area (Å²) in [5.74, 6) is -0.579. The standard InChI is InChI=1S/C20H27N3O3/c1-20(13-12-15-8-4-2-5-9-15)18(25)23(19(26)22-20)14-17(24)21-16-10-6-3-7-11-16/h2,4-5,8-9,16H,3,6-7,10-14H2,1H3,(H,21,24)(H,22,26)/t20-/m0/s1. The highest BCUT2D eigenvalue weighted by molar-refractivity contribution is 6.08. The molecule has 2 N–H and O–H groups in total. The van der Waals surface area contributed by atoms with Crippen molar-refractivity contribution in [2.45, 2.75) is 63.5 Å². The molecule has 0 bridgehead atoms. The Morgan fingerprint density at radius 3 is 2.58 bits per heavy atom. The quantitative estimate of drug-likeness (QED) is 0.767. The molecule has 0 aromatic heterocycles. The number of benzene rings is 1. The molecule has 1 atom stereocenters. The molecule has 1 aromatic rings. The van der Waals surface area contributed by atoms with Crippen molar-refractivity contribution in [3.63, 3.8) is 0 Å². The lowest BCUT2D eigenvalue weighted by atomic mass is 9.93. The second-order valence-electron chi connectivity index (χ2n) is 7.54. The fourth-order valence-corrected chi connectivity index (χ4v) is 3.76. The minimum atomic E-state index is -0.960. The number of rotatable bonds is 6. The van der Waals surface area contributed by atoms with Crippen LogP contribution in [0.1, 0.15) is 51.0 Å². The molecule has 0 spiro atoms. The zero-order valence-corrected chi connectivity index (χ0v) is 15.3. The Hall–Kier alpha value is -2.37. The molecule has 4 amide bonds. The number of imide groups is 1. The first-order valence-electron chi connectivity index (χ1n) is 9.45. The van der Waals surface area contributed by atoms with Crippen LogP contribution >= 0.6 is 0 Å². The normalized spacial score (nSPS) is 23.8. The molecule has 6 nitrogen and oxygen atoms in total. The molecule has 26 heavy (non-hydrogen) atoms. The number of aryl methyl sites for hydroxylation is 1. The SMILES string of the molecule is C[C@@]1(CCc2ccccc2)NC(=O)N(CC(=O)NC2CCCCC2)C1=O. The van der Waals surface area contributed by atoms with Gasteiger partial charge in [-0.3, -0.25) is 14.5 Å². The number of nitrogens with zero attached hydrogens (tertiary/aromatic N) is 1. The van der Waals surface area contributed by atoms with Crippen LogP contribution in [0.2, 0.25) is 0 Å². The third kappa shape index (κ3) is 4.23. The summed E-state index contributed by atoms with van der Waals surface area (Å²) < 4.78 is 0. The Morgan fingerprint density at radius 1 is 1.19 bits per heavy atom. The highest BCUT2D eigenvalue weighted by Crippen LogP contribution is 2.23. The molecular weight excluding hydrogens is 330 g/mol. The summed E-state index contributed by atoms with van der Waals surface area (Å²) in [5, 5.41) is 5.73. The lowest BCUT2D eigenvalue weighted by Gasteiger charge is -2.24. The number of urea groups is 1. The number of hydrogen-bond acceptors (Lipinski definition) is 3. The molecule has 1 saturated heterocycles. The molecular formula is C20H27N3O3. The van der Waals surface area contributed by atoms with Gasteiger partial charge in [-0.15, -0.1) is 0 Å². The Morgan fingerprint density at radius 2 is 1.88 bits per heavy atom. The second-order valence-corrected chi connectivity index (χ2v) is 7.54. The third-order valence-corrected chi connectivity index (χ3v) is 5.37. The van der Waals surface area contributed by atoms with Crippen molar-refractivity contribution >= 4 is 17.8 Å². The van der Waals surface area contributed by atoms with Gasteiger partial charge < -0.3 is 10.6 Å². The maximum absolute atomic E-state index is 12.7. The van der Waals surface area contributed by atoms with Crippen molar-refractivity contribution in [3.05, 3.63) is 35.9 Å². The summed E-state index contributed by atoms with van der Waals surface area (Å²) in [6.07, 6.45) is 6.57. The zero-order chi connectivity index (χ0) is 18.6. The van der Waals surface area contributed by atoms with E-state index in [0.717, 1.165) is 36.1 Å². The number of carbonyl (C=O) groups excluding carboxylic acids is 3. The molecule has 3 rings (SSSR count). The topological polar surface area (TPSA) is 78.5 Å². The van der Waals surface area contributed by atoms with Gasteiger partial charge in [0.1, 0.15) is 12.1 Å². The predicted molar refractivity (Wildman–Crippen MR) is 98.4 cm³/mol. The van der Waals surface area contributed by atoms with Gasteiger partial charge >= 0.3 is 6.03 Å². The van der Waals surface area contributed by atoms with Crippen LogP contribution in [0.25, 0.3) is 0 Å². The van der Waals surface area contributed by atoms with Gasteiger partial charge in [0, 0.05) is 6.04 Å². The van der Waals surface area contributed by atoms with Crippen LogP contribution in [0, 0.1) is 0 Å². The van der Waals surface area contributed by atoms with Gasteiger partial charge in [0.15, 0.2) is 0 Å². The Balaban J connectivity index is 1.56. The average Bonchev–Trinajstić information content (AvgIpc) is 2.85. The van der Waals surface area contributed by atoms with Crippen LogP contribution in [-0.4, -0.2) is 40.9 Å². The van der Waals surface area contributed by atoms with Crippen LogP contribution in [0.3, 0.4) is 0 Å². The maximum atomic E-state index is 12.7. The molecule has 1 aliphatic carbocycles. The second kappa shape index (κ2) is 7.89. The van der Waals surface area contributed by atoms with Crippen LogP contribution in [0.15, 0.2) is 30.3 Å². The number of nitrogens with one attached hydrogen (secondary N) is 2. The van der Waals surface area contributed by atoms with E-state index < -0.39 is 11.6 Å². The smallest absolute Gasteiger partial charge is 0.325 e. The maximum Gasteiger partial charge on any atom is 0.325 e. The Kier molecular flexibility index (Phi) is 5.59. The van der Waals surface area contributed by atoms with E-state index in [1.807, 2.05) is 30.3 Å². The molecule has 1 aromatic carbocycles. The first-order valence-corrected chi connectivity index (χ1v) is 9.45. The minimum absolute atomic E-state index is 0.168. The number of hydrogen-bond donors (Lipinski definition) is 2. The molecule has 140 valence electrons. The lowest BCUT2D eigenvalue weighted by molar-refractivity contribution is -0.135. The first-order chi connectivity index (χ1) is 12.5. The summed E-state index contributed by atoms with van der Waals surface area (Å²) in [4.78, 5) is 38.3. The van der Waals surface area contributed by atoms with E-state index in [0.29, 0.717) is 12.8 Å². The lowest BCUT2D eigenvalue weighted by Crippen LogP contribution is -2.47. The summed E-state index contributed by atoms with van der Waals surface area (Å²) in [6.45, 7) is 1.53. The van der Waals surface area contributed by atoms with Gasteiger partial charge in [-0.1, -0.05) is 49.6 Å². The van der Waals surface area contributed by atoms with Crippen molar-refractivity contribution in [3.8, 4) is 0 Å². The average molecular weight is 357 g/mol. The van der Waals surface area contributed by atoms with E-state index in [-0.39, 0.29) is 24.4 Å². The van der Waals surface area contributed by atoms with Gasteiger partial charge in [0.25, 0.3) is 5.91 Å². The van der Waals surface area contributed by atoms with E-state index in [4.69, 9.17) is 0 Å². The van der Waals surface area contributed by atoms with Crippen molar-refractivity contribution in [1.82, 2.24) is 15.5 Å². The fourth-order valence-electron chi connectivity index (χ4n) is 3.76. The highest BCUT2D eigenvalue weighted by atomic mass is 16.2. The van der Waals surface area contributed by atoms with Gasteiger partial charge in [-0.2, -0.15) is 0 Å². The Bertz CT molecular complexity index is 670. The predicted octanol–water partition coefficient (Wildman–Crippen LogP) is 2.38. The monoisotopic (exact) mass is 357 g/mol. The van der Waals surface area contributed by atoms with Crippen LogP contribution < -0.4 is 10.6 Å².